The molecule has 1 heteroatoms. The van der Waals surface area contributed by atoms with Crippen molar-refractivity contribution in [3.63, 3.8) is 0 Å². The molecule has 0 aromatic rings. The summed E-state index contributed by atoms with van der Waals surface area (Å²) in [5.74, 6) is 3.07. The van der Waals surface area contributed by atoms with E-state index in [-0.39, 0.29) is 6.04 Å². The molecule has 0 bridgehead atoms. The fourth-order valence-electron chi connectivity index (χ4n) is 3.17. The zero-order valence-electron chi connectivity index (χ0n) is 18.6. The van der Waals surface area contributed by atoms with Crippen LogP contribution in [-0.2, 0) is 0 Å². The van der Waals surface area contributed by atoms with E-state index >= 15 is 0 Å². The molecule has 0 heterocycles. The summed E-state index contributed by atoms with van der Waals surface area (Å²) in [5, 5.41) is 3.54. The molecule has 1 nitrogen and oxygen atoms in total. The zero-order chi connectivity index (χ0) is 21.8. The van der Waals surface area contributed by atoms with E-state index in [0.29, 0.717) is 5.92 Å². The third-order valence-corrected chi connectivity index (χ3v) is 4.83. The van der Waals surface area contributed by atoms with Crippen molar-refractivity contribution in [3.05, 3.63) is 107 Å². The van der Waals surface area contributed by atoms with E-state index in [2.05, 4.69) is 76.4 Å². The van der Waals surface area contributed by atoms with Gasteiger partial charge in [0.2, 0.25) is 0 Å². The van der Waals surface area contributed by atoms with Crippen LogP contribution in [0.15, 0.2) is 107 Å². The van der Waals surface area contributed by atoms with E-state index in [9.17, 15) is 0 Å². The SMILES string of the molecule is C#CC(/C=C/C)=C/C=C\C(C1=CC(NC(=C)/C=C/CC)C(C)C=C1C)=C(/C)C=C. The molecular formula is C28H35N. The molecule has 0 spiro atoms. The third-order valence-electron chi connectivity index (χ3n) is 4.83. The highest BCUT2D eigenvalue weighted by molar-refractivity contribution is 5.57. The fourth-order valence-corrected chi connectivity index (χ4v) is 3.17. The van der Waals surface area contributed by atoms with Gasteiger partial charge in [0, 0.05) is 11.3 Å². The van der Waals surface area contributed by atoms with Crippen molar-refractivity contribution in [1.82, 2.24) is 5.32 Å². The van der Waals surface area contributed by atoms with Crippen LogP contribution in [0.2, 0.25) is 0 Å². The molecule has 0 aliphatic heterocycles. The zero-order valence-corrected chi connectivity index (χ0v) is 18.6. The van der Waals surface area contributed by atoms with Gasteiger partial charge in [-0.05, 0) is 67.6 Å². The Kier molecular flexibility index (Phi) is 10.3. The van der Waals surface area contributed by atoms with Gasteiger partial charge >= 0.3 is 0 Å². The summed E-state index contributed by atoms with van der Waals surface area (Å²) in [6.45, 7) is 18.7. The summed E-state index contributed by atoms with van der Waals surface area (Å²) in [7, 11) is 0. The second kappa shape index (κ2) is 12.5. The van der Waals surface area contributed by atoms with Crippen LogP contribution in [0, 0.1) is 18.3 Å². The van der Waals surface area contributed by atoms with Crippen LogP contribution in [0.25, 0.3) is 0 Å². The Labute approximate surface area is 178 Å². The maximum Gasteiger partial charge on any atom is 0.0513 e. The molecular weight excluding hydrogens is 350 g/mol. The minimum absolute atomic E-state index is 0.184. The molecule has 152 valence electrons. The highest BCUT2D eigenvalue weighted by Gasteiger charge is 2.21. The molecule has 0 amide bonds. The lowest BCUT2D eigenvalue weighted by Crippen LogP contribution is -2.33. The summed E-state index contributed by atoms with van der Waals surface area (Å²) < 4.78 is 0. The first-order chi connectivity index (χ1) is 13.9. The Morgan fingerprint density at radius 3 is 2.59 bits per heavy atom. The molecule has 0 fully saturated rings. The molecule has 2 unspecified atom stereocenters. The van der Waals surface area contributed by atoms with Gasteiger partial charge < -0.3 is 5.32 Å². The van der Waals surface area contributed by atoms with Gasteiger partial charge in [-0.25, -0.2) is 0 Å². The molecule has 0 aromatic heterocycles. The van der Waals surface area contributed by atoms with Crippen molar-refractivity contribution < 1.29 is 0 Å². The molecule has 2 atom stereocenters. The fraction of sp³-hybridized carbons (Fsp3) is 0.286. The number of nitrogens with one attached hydrogen (secondary N) is 1. The number of hydrogen-bond donors (Lipinski definition) is 1. The Hall–Kier alpha value is -2.98. The third kappa shape index (κ3) is 7.51. The molecule has 1 aliphatic carbocycles. The van der Waals surface area contributed by atoms with Crippen molar-refractivity contribution >= 4 is 0 Å². The molecule has 0 saturated carbocycles. The van der Waals surface area contributed by atoms with E-state index in [1.54, 1.807) is 0 Å². The monoisotopic (exact) mass is 385 g/mol. The Bertz CT molecular complexity index is 856. The van der Waals surface area contributed by atoms with Crippen molar-refractivity contribution in [2.45, 2.75) is 47.1 Å². The Morgan fingerprint density at radius 2 is 2.00 bits per heavy atom. The predicted octanol–water partition coefficient (Wildman–Crippen LogP) is 7.14. The second-order valence-corrected chi connectivity index (χ2v) is 7.22. The molecule has 1 rings (SSSR count). The minimum atomic E-state index is 0.184. The first-order valence-electron chi connectivity index (χ1n) is 10.2. The van der Waals surface area contributed by atoms with E-state index < -0.39 is 0 Å². The summed E-state index contributed by atoms with van der Waals surface area (Å²) in [6.07, 6.45) is 27.2. The van der Waals surface area contributed by atoms with E-state index in [1.165, 1.54) is 11.1 Å². The molecule has 1 aliphatic rings. The van der Waals surface area contributed by atoms with E-state index in [0.717, 1.165) is 28.8 Å². The van der Waals surface area contributed by atoms with Crippen molar-refractivity contribution in [1.29, 1.82) is 0 Å². The molecule has 29 heavy (non-hydrogen) atoms. The lowest BCUT2D eigenvalue weighted by molar-refractivity contribution is 0.541. The van der Waals surface area contributed by atoms with Gasteiger partial charge in [0.15, 0.2) is 0 Å². The number of terminal acetylenes is 1. The quantitative estimate of drug-likeness (QED) is 0.328. The van der Waals surface area contributed by atoms with Gasteiger partial charge in [-0.1, -0.05) is 81.5 Å². The smallest absolute Gasteiger partial charge is 0.0513 e. The van der Waals surface area contributed by atoms with Crippen LogP contribution < -0.4 is 5.32 Å². The highest BCUT2D eigenvalue weighted by Crippen LogP contribution is 2.31. The number of hydrogen-bond acceptors (Lipinski definition) is 1. The maximum atomic E-state index is 5.57. The number of allylic oxidation sites excluding steroid dienone is 13. The Morgan fingerprint density at radius 1 is 1.28 bits per heavy atom. The number of rotatable bonds is 9. The van der Waals surface area contributed by atoms with Crippen LogP contribution >= 0.6 is 0 Å². The largest absolute Gasteiger partial charge is 0.379 e. The van der Waals surface area contributed by atoms with Crippen molar-refractivity contribution in [2.24, 2.45) is 5.92 Å². The standard InChI is InChI=1S/C28H35N/c1-9-13-16-24(8)29-28-20-27(22(6)19-23(28)7)26(21(5)11-3)18-14-17-25(12-4)15-10-2/h4,10-11,13-20,23,28-29H,3,8-9H2,1-2,5-7H3/b15-10+,16-13+,18-14-,25-17-,26-21-. The van der Waals surface area contributed by atoms with Gasteiger partial charge in [-0.15, -0.1) is 6.42 Å². The molecule has 0 saturated heterocycles. The molecule has 1 N–H and O–H groups in total. The van der Waals surface area contributed by atoms with Gasteiger partial charge in [0.25, 0.3) is 0 Å². The lowest BCUT2D eigenvalue weighted by Gasteiger charge is -2.28. The van der Waals surface area contributed by atoms with Gasteiger partial charge in [0.05, 0.1) is 6.04 Å². The topological polar surface area (TPSA) is 12.0 Å². The summed E-state index contributed by atoms with van der Waals surface area (Å²) in [6, 6.07) is 0.184. The van der Waals surface area contributed by atoms with Crippen molar-refractivity contribution in [2.75, 3.05) is 0 Å². The normalized spacial score (nSPS) is 21.0. The van der Waals surface area contributed by atoms with Crippen LogP contribution in [0.4, 0.5) is 0 Å². The second-order valence-electron chi connectivity index (χ2n) is 7.22. The van der Waals surface area contributed by atoms with Crippen LogP contribution in [0.1, 0.15) is 41.0 Å². The highest BCUT2D eigenvalue weighted by atomic mass is 14.9. The van der Waals surface area contributed by atoms with Gasteiger partial charge in [0.1, 0.15) is 0 Å². The van der Waals surface area contributed by atoms with E-state index in [4.69, 9.17) is 6.42 Å². The summed E-state index contributed by atoms with van der Waals surface area (Å²) in [4.78, 5) is 0. The van der Waals surface area contributed by atoms with Crippen LogP contribution in [0.5, 0.6) is 0 Å². The van der Waals surface area contributed by atoms with Gasteiger partial charge in [-0.3, -0.25) is 0 Å². The van der Waals surface area contributed by atoms with Crippen LogP contribution in [0.3, 0.4) is 0 Å². The average molecular weight is 386 g/mol. The summed E-state index contributed by atoms with van der Waals surface area (Å²) in [5.41, 5.74) is 6.53. The molecule has 0 radical (unpaired) electrons. The average Bonchev–Trinajstić information content (AvgIpc) is 2.70. The minimum Gasteiger partial charge on any atom is -0.379 e. The summed E-state index contributed by atoms with van der Waals surface area (Å²) >= 11 is 0. The lowest BCUT2D eigenvalue weighted by atomic mass is 9.83. The predicted molar refractivity (Wildman–Crippen MR) is 130 cm³/mol. The van der Waals surface area contributed by atoms with Gasteiger partial charge in [-0.2, -0.15) is 0 Å². The first kappa shape index (κ1) is 24.1. The van der Waals surface area contributed by atoms with Crippen LogP contribution in [-0.4, -0.2) is 6.04 Å². The Balaban J connectivity index is 3.29. The van der Waals surface area contributed by atoms with E-state index in [1.807, 2.05) is 43.4 Å². The first-order valence-corrected chi connectivity index (χ1v) is 10.2. The van der Waals surface area contributed by atoms with Crippen molar-refractivity contribution in [3.8, 4) is 12.3 Å². The maximum absolute atomic E-state index is 5.57. The molecule has 0 aromatic carbocycles.